The van der Waals surface area contributed by atoms with E-state index < -0.39 is 12.4 Å². The second-order valence-electron chi connectivity index (χ2n) is 3.98. The molecule has 0 saturated heterocycles. The zero-order valence-electron chi connectivity index (χ0n) is 10.5. The summed E-state index contributed by atoms with van der Waals surface area (Å²) in [4.78, 5) is 11.5. The van der Waals surface area contributed by atoms with Crippen LogP contribution in [0.4, 0.5) is 23.7 Å². The molecule has 0 spiro atoms. The molecule has 1 atom stereocenters. The highest BCUT2D eigenvalue weighted by Crippen LogP contribution is 2.23. The molecule has 0 saturated carbocycles. The van der Waals surface area contributed by atoms with E-state index in [1.807, 2.05) is 13.8 Å². The normalized spacial score (nSPS) is 12.7. The number of carbonyl (C=O) groups excluding carboxylic acids is 1. The second kappa shape index (κ2) is 6.31. The molecule has 1 rings (SSSR count). The second-order valence-corrected chi connectivity index (χ2v) is 3.98. The standard InChI is InChI=1S/C12H15F3N2O2/c1-3-8(2)16-11(18)17-9-4-6-10(7-5-9)19-12(13,14)15/h4-8H,3H2,1-2H3,(H2,16,17,18). The maximum Gasteiger partial charge on any atom is 0.573 e. The van der Waals surface area contributed by atoms with Crippen LogP contribution in [0.25, 0.3) is 0 Å². The number of hydrogen-bond donors (Lipinski definition) is 2. The van der Waals surface area contributed by atoms with Crippen molar-refractivity contribution in [3.63, 3.8) is 0 Å². The number of amides is 2. The fourth-order valence-corrected chi connectivity index (χ4v) is 1.23. The van der Waals surface area contributed by atoms with Crippen molar-refractivity contribution in [1.82, 2.24) is 5.32 Å². The Bertz CT molecular complexity index is 418. The summed E-state index contributed by atoms with van der Waals surface area (Å²) in [5.41, 5.74) is 0.385. The van der Waals surface area contributed by atoms with E-state index >= 15 is 0 Å². The summed E-state index contributed by atoms with van der Waals surface area (Å²) in [5, 5.41) is 5.18. The molecule has 2 N–H and O–H groups in total. The van der Waals surface area contributed by atoms with Crippen molar-refractivity contribution in [3.8, 4) is 5.75 Å². The molecule has 1 aromatic rings. The molecule has 0 heterocycles. The van der Waals surface area contributed by atoms with Crippen molar-refractivity contribution in [2.75, 3.05) is 5.32 Å². The monoisotopic (exact) mass is 276 g/mol. The first-order valence-electron chi connectivity index (χ1n) is 5.73. The van der Waals surface area contributed by atoms with E-state index in [-0.39, 0.29) is 11.8 Å². The Labute approximate surface area is 108 Å². The number of hydrogen-bond acceptors (Lipinski definition) is 2. The highest BCUT2D eigenvalue weighted by atomic mass is 19.4. The number of rotatable bonds is 4. The van der Waals surface area contributed by atoms with Crippen LogP contribution in [0.1, 0.15) is 20.3 Å². The van der Waals surface area contributed by atoms with Gasteiger partial charge in [-0.1, -0.05) is 6.92 Å². The zero-order chi connectivity index (χ0) is 14.5. The summed E-state index contributed by atoms with van der Waals surface area (Å²) in [7, 11) is 0. The molecule has 19 heavy (non-hydrogen) atoms. The van der Waals surface area contributed by atoms with Crippen LogP contribution in [-0.2, 0) is 0 Å². The maximum absolute atomic E-state index is 11.9. The predicted molar refractivity (Wildman–Crippen MR) is 65.0 cm³/mol. The minimum absolute atomic E-state index is 0.0211. The smallest absolute Gasteiger partial charge is 0.406 e. The van der Waals surface area contributed by atoms with Crippen LogP contribution in [-0.4, -0.2) is 18.4 Å². The number of benzene rings is 1. The number of ether oxygens (including phenoxy) is 1. The summed E-state index contributed by atoms with van der Waals surface area (Å²) in [6.07, 6.45) is -3.94. The van der Waals surface area contributed by atoms with Crippen molar-refractivity contribution >= 4 is 11.7 Å². The number of carbonyl (C=O) groups is 1. The van der Waals surface area contributed by atoms with Gasteiger partial charge in [0.15, 0.2) is 0 Å². The molecule has 1 unspecified atom stereocenters. The van der Waals surface area contributed by atoms with Gasteiger partial charge >= 0.3 is 12.4 Å². The number of nitrogens with one attached hydrogen (secondary N) is 2. The van der Waals surface area contributed by atoms with Crippen molar-refractivity contribution < 1.29 is 22.7 Å². The fourth-order valence-electron chi connectivity index (χ4n) is 1.23. The van der Waals surface area contributed by atoms with Gasteiger partial charge in [-0.05, 0) is 37.6 Å². The molecule has 7 heteroatoms. The van der Waals surface area contributed by atoms with Crippen LogP contribution in [0.2, 0.25) is 0 Å². The zero-order valence-corrected chi connectivity index (χ0v) is 10.5. The first-order valence-corrected chi connectivity index (χ1v) is 5.73. The number of alkyl halides is 3. The van der Waals surface area contributed by atoms with E-state index in [1.54, 1.807) is 0 Å². The van der Waals surface area contributed by atoms with Gasteiger partial charge in [-0.25, -0.2) is 4.79 Å². The molecule has 0 aromatic heterocycles. The molecule has 1 aromatic carbocycles. The molecule has 4 nitrogen and oxygen atoms in total. The molecule has 0 fully saturated rings. The fraction of sp³-hybridized carbons (Fsp3) is 0.417. The molecule has 0 radical (unpaired) electrons. The third-order valence-corrected chi connectivity index (χ3v) is 2.34. The van der Waals surface area contributed by atoms with Crippen LogP contribution in [0.5, 0.6) is 5.75 Å². The Morgan fingerprint density at radius 1 is 1.32 bits per heavy atom. The Balaban J connectivity index is 2.55. The number of halogens is 3. The summed E-state index contributed by atoms with van der Waals surface area (Å²) in [6.45, 7) is 3.77. The molecule has 106 valence electrons. The lowest BCUT2D eigenvalue weighted by atomic mass is 10.3. The van der Waals surface area contributed by atoms with Crippen LogP contribution in [0.15, 0.2) is 24.3 Å². The average Bonchev–Trinajstić information content (AvgIpc) is 2.29. The SMILES string of the molecule is CCC(C)NC(=O)Nc1ccc(OC(F)(F)F)cc1. The largest absolute Gasteiger partial charge is 0.573 e. The van der Waals surface area contributed by atoms with E-state index in [0.29, 0.717) is 5.69 Å². The Morgan fingerprint density at radius 2 is 1.89 bits per heavy atom. The van der Waals surface area contributed by atoms with Gasteiger partial charge in [0.25, 0.3) is 0 Å². The van der Waals surface area contributed by atoms with Gasteiger partial charge in [-0.15, -0.1) is 13.2 Å². The highest BCUT2D eigenvalue weighted by molar-refractivity contribution is 5.89. The van der Waals surface area contributed by atoms with Gasteiger partial charge in [-0.3, -0.25) is 0 Å². The van der Waals surface area contributed by atoms with E-state index in [2.05, 4.69) is 15.4 Å². The molecule has 0 aliphatic heterocycles. The molecule has 0 aliphatic carbocycles. The van der Waals surface area contributed by atoms with Crippen LogP contribution < -0.4 is 15.4 Å². The van der Waals surface area contributed by atoms with Gasteiger partial charge in [0.05, 0.1) is 0 Å². The first kappa shape index (κ1) is 15.1. The average molecular weight is 276 g/mol. The molecule has 0 bridgehead atoms. The number of urea groups is 1. The minimum Gasteiger partial charge on any atom is -0.406 e. The van der Waals surface area contributed by atoms with E-state index in [9.17, 15) is 18.0 Å². The van der Waals surface area contributed by atoms with Crippen molar-refractivity contribution in [2.24, 2.45) is 0 Å². The molecule has 0 aliphatic rings. The third-order valence-electron chi connectivity index (χ3n) is 2.34. The van der Waals surface area contributed by atoms with Gasteiger partial charge in [0.1, 0.15) is 5.75 Å². The minimum atomic E-state index is -4.72. The molecular formula is C12H15F3N2O2. The lowest BCUT2D eigenvalue weighted by molar-refractivity contribution is -0.274. The lowest BCUT2D eigenvalue weighted by Gasteiger charge is -2.13. The third kappa shape index (κ3) is 5.98. The Morgan fingerprint density at radius 3 is 2.37 bits per heavy atom. The van der Waals surface area contributed by atoms with Crippen molar-refractivity contribution in [2.45, 2.75) is 32.7 Å². The van der Waals surface area contributed by atoms with E-state index in [0.717, 1.165) is 18.6 Å². The lowest BCUT2D eigenvalue weighted by Crippen LogP contribution is -2.35. The highest BCUT2D eigenvalue weighted by Gasteiger charge is 2.30. The van der Waals surface area contributed by atoms with Crippen molar-refractivity contribution in [1.29, 1.82) is 0 Å². The quantitative estimate of drug-likeness (QED) is 0.884. The summed E-state index contributed by atoms with van der Waals surface area (Å²) < 4.78 is 39.5. The van der Waals surface area contributed by atoms with Crippen LogP contribution in [0, 0.1) is 0 Å². The van der Waals surface area contributed by atoms with Crippen LogP contribution >= 0.6 is 0 Å². The van der Waals surface area contributed by atoms with E-state index in [1.165, 1.54) is 12.1 Å². The first-order chi connectivity index (χ1) is 8.80. The molecule has 2 amide bonds. The van der Waals surface area contributed by atoms with Gasteiger partial charge in [0.2, 0.25) is 0 Å². The Hall–Kier alpha value is -1.92. The summed E-state index contributed by atoms with van der Waals surface area (Å²) in [5.74, 6) is -0.333. The van der Waals surface area contributed by atoms with Gasteiger partial charge in [-0.2, -0.15) is 0 Å². The number of anilines is 1. The summed E-state index contributed by atoms with van der Waals surface area (Å²) in [6, 6.07) is 4.54. The topological polar surface area (TPSA) is 50.4 Å². The molecular weight excluding hydrogens is 261 g/mol. The van der Waals surface area contributed by atoms with Gasteiger partial charge < -0.3 is 15.4 Å². The maximum atomic E-state index is 11.9. The van der Waals surface area contributed by atoms with Crippen LogP contribution in [0.3, 0.4) is 0 Å². The van der Waals surface area contributed by atoms with Crippen molar-refractivity contribution in [3.05, 3.63) is 24.3 Å². The Kier molecular flexibility index (Phi) is 5.02. The van der Waals surface area contributed by atoms with Gasteiger partial charge in [0, 0.05) is 11.7 Å². The summed E-state index contributed by atoms with van der Waals surface area (Å²) >= 11 is 0. The van der Waals surface area contributed by atoms with E-state index in [4.69, 9.17) is 0 Å². The predicted octanol–water partition coefficient (Wildman–Crippen LogP) is 3.51.